The largest absolute Gasteiger partial charge is 0.468 e. The molecule has 0 aliphatic carbocycles. The number of hydrogen-bond donors (Lipinski definition) is 1. The molecule has 2 N–H and O–H groups in total. The molecule has 1 atom stereocenters. The highest BCUT2D eigenvalue weighted by Crippen LogP contribution is 1.94. The van der Waals surface area contributed by atoms with Gasteiger partial charge in [-0.1, -0.05) is 0 Å². The van der Waals surface area contributed by atoms with E-state index in [1.807, 2.05) is 0 Å². The Hall–Kier alpha value is -1.49. The maximum atomic E-state index is 10.9. The lowest BCUT2D eigenvalue weighted by molar-refractivity contribution is -0.142. The Labute approximate surface area is 75.9 Å². The van der Waals surface area contributed by atoms with Gasteiger partial charge in [0.25, 0.3) is 0 Å². The summed E-state index contributed by atoms with van der Waals surface area (Å²) in [6.45, 7) is 0. The van der Waals surface area contributed by atoms with Gasteiger partial charge >= 0.3 is 5.97 Å². The molecule has 70 valence electrons. The smallest absolute Gasteiger partial charge is 0.323 e. The zero-order chi connectivity index (χ0) is 9.68. The van der Waals surface area contributed by atoms with Gasteiger partial charge in [0.05, 0.1) is 7.11 Å². The Kier molecular flexibility index (Phi) is 3.33. The van der Waals surface area contributed by atoms with E-state index in [0.717, 1.165) is 0 Å². The number of aromatic nitrogens is 2. The zero-order valence-corrected chi connectivity index (χ0v) is 7.30. The first-order chi connectivity index (χ1) is 6.24. The Morgan fingerprint density at radius 2 is 2.23 bits per heavy atom. The molecule has 13 heavy (non-hydrogen) atoms. The zero-order valence-electron chi connectivity index (χ0n) is 7.30. The van der Waals surface area contributed by atoms with Crippen LogP contribution in [0.4, 0.5) is 0 Å². The fraction of sp³-hybridized carbons (Fsp3) is 0.375. The number of nitrogens with two attached hydrogens (primary N) is 1. The third-order valence-electron chi connectivity index (χ3n) is 1.53. The van der Waals surface area contributed by atoms with E-state index in [4.69, 9.17) is 5.73 Å². The van der Waals surface area contributed by atoms with E-state index < -0.39 is 12.0 Å². The Bertz CT molecular complexity index is 276. The number of esters is 1. The van der Waals surface area contributed by atoms with Crippen molar-refractivity contribution >= 4 is 5.97 Å². The molecule has 0 aliphatic rings. The van der Waals surface area contributed by atoms with Crippen molar-refractivity contribution in [3.8, 4) is 0 Å². The fourth-order valence-corrected chi connectivity index (χ4v) is 0.867. The molecule has 0 amide bonds. The lowest BCUT2D eigenvalue weighted by Crippen LogP contribution is -2.34. The molecule has 5 nitrogen and oxygen atoms in total. The lowest BCUT2D eigenvalue weighted by Gasteiger charge is -2.06. The minimum absolute atomic E-state index is 0.299. The second-order valence-electron chi connectivity index (χ2n) is 2.50. The van der Waals surface area contributed by atoms with Crippen LogP contribution < -0.4 is 5.73 Å². The van der Waals surface area contributed by atoms with Crippen LogP contribution in [0, 0.1) is 0 Å². The van der Waals surface area contributed by atoms with Crippen LogP contribution in [0.25, 0.3) is 0 Å². The molecule has 5 heteroatoms. The summed E-state index contributed by atoms with van der Waals surface area (Å²) in [5.74, 6) is 0.0906. The van der Waals surface area contributed by atoms with Crippen molar-refractivity contribution in [2.45, 2.75) is 12.5 Å². The third kappa shape index (κ3) is 2.79. The molecule has 0 radical (unpaired) electrons. The van der Waals surface area contributed by atoms with E-state index in [0.29, 0.717) is 12.2 Å². The van der Waals surface area contributed by atoms with E-state index in [-0.39, 0.29) is 0 Å². The molecule has 0 saturated heterocycles. The maximum absolute atomic E-state index is 10.9. The van der Waals surface area contributed by atoms with Crippen LogP contribution >= 0.6 is 0 Å². The Balaban J connectivity index is 2.55. The standard InChI is InChI=1S/C8H11N3O2/c1-13-8(12)6(9)5-7-10-3-2-4-11-7/h2-4,6H,5,9H2,1H3/t6-/m1/s1. The molecule has 0 saturated carbocycles. The van der Waals surface area contributed by atoms with Crippen molar-refractivity contribution in [3.63, 3.8) is 0 Å². The van der Waals surface area contributed by atoms with Crippen molar-refractivity contribution < 1.29 is 9.53 Å². The molecule has 0 unspecified atom stereocenters. The van der Waals surface area contributed by atoms with Crippen molar-refractivity contribution in [3.05, 3.63) is 24.3 Å². The summed E-state index contributed by atoms with van der Waals surface area (Å²) in [4.78, 5) is 18.8. The second-order valence-corrected chi connectivity index (χ2v) is 2.50. The van der Waals surface area contributed by atoms with Crippen LogP contribution in [0.3, 0.4) is 0 Å². The van der Waals surface area contributed by atoms with Gasteiger partial charge in [0.1, 0.15) is 11.9 Å². The number of carbonyl (C=O) groups is 1. The Morgan fingerprint density at radius 3 is 2.77 bits per heavy atom. The van der Waals surface area contributed by atoms with E-state index in [1.54, 1.807) is 18.5 Å². The van der Waals surface area contributed by atoms with Gasteiger partial charge in [-0.05, 0) is 6.07 Å². The highest BCUT2D eigenvalue weighted by Gasteiger charge is 2.14. The number of ether oxygens (including phenoxy) is 1. The van der Waals surface area contributed by atoms with Gasteiger partial charge in [-0.3, -0.25) is 4.79 Å². The minimum Gasteiger partial charge on any atom is -0.468 e. The predicted molar refractivity (Wildman–Crippen MR) is 45.7 cm³/mol. The van der Waals surface area contributed by atoms with Crippen LogP contribution in [-0.2, 0) is 16.0 Å². The molecule has 0 aromatic carbocycles. The number of methoxy groups -OCH3 is 1. The van der Waals surface area contributed by atoms with Gasteiger partial charge in [-0.15, -0.1) is 0 Å². The topological polar surface area (TPSA) is 78.1 Å². The van der Waals surface area contributed by atoms with E-state index in [1.165, 1.54) is 7.11 Å². The van der Waals surface area contributed by atoms with Gasteiger partial charge in [0.15, 0.2) is 0 Å². The number of hydrogen-bond acceptors (Lipinski definition) is 5. The summed E-state index contributed by atoms with van der Waals surface area (Å²) in [6, 6.07) is 1.01. The van der Waals surface area contributed by atoms with Gasteiger partial charge in [-0.25, -0.2) is 9.97 Å². The molecule has 0 spiro atoms. The molecule has 0 bridgehead atoms. The monoisotopic (exact) mass is 181 g/mol. The molecule has 0 fully saturated rings. The van der Waals surface area contributed by atoms with Crippen molar-refractivity contribution in [1.82, 2.24) is 9.97 Å². The lowest BCUT2D eigenvalue weighted by atomic mass is 10.2. The predicted octanol–water partition coefficient (Wildman–Crippen LogP) is -0.481. The quantitative estimate of drug-likeness (QED) is 0.637. The van der Waals surface area contributed by atoms with Crippen LogP contribution in [0.1, 0.15) is 5.82 Å². The molecule has 1 aromatic rings. The maximum Gasteiger partial charge on any atom is 0.323 e. The normalized spacial score (nSPS) is 12.2. The third-order valence-corrected chi connectivity index (χ3v) is 1.53. The molecule has 1 heterocycles. The first-order valence-electron chi connectivity index (χ1n) is 3.83. The average molecular weight is 181 g/mol. The molecule has 1 aromatic heterocycles. The molecule has 0 aliphatic heterocycles. The summed E-state index contributed by atoms with van der Waals surface area (Å²) in [7, 11) is 1.30. The van der Waals surface area contributed by atoms with Gasteiger partial charge < -0.3 is 10.5 Å². The highest BCUT2D eigenvalue weighted by molar-refractivity contribution is 5.75. The summed E-state index contributed by atoms with van der Waals surface area (Å²) in [5, 5.41) is 0. The number of rotatable bonds is 3. The highest BCUT2D eigenvalue weighted by atomic mass is 16.5. The van der Waals surface area contributed by atoms with Crippen LogP contribution in [0.2, 0.25) is 0 Å². The molecular formula is C8H11N3O2. The summed E-state index contributed by atoms with van der Waals surface area (Å²) >= 11 is 0. The molecular weight excluding hydrogens is 170 g/mol. The van der Waals surface area contributed by atoms with Crippen molar-refractivity contribution in [2.75, 3.05) is 7.11 Å². The fourth-order valence-electron chi connectivity index (χ4n) is 0.867. The summed E-state index contributed by atoms with van der Waals surface area (Å²) in [5.41, 5.74) is 5.51. The Morgan fingerprint density at radius 1 is 1.62 bits per heavy atom. The summed E-state index contributed by atoms with van der Waals surface area (Å²) < 4.78 is 4.46. The van der Waals surface area contributed by atoms with Crippen LogP contribution in [0.5, 0.6) is 0 Å². The van der Waals surface area contributed by atoms with Gasteiger partial charge in [0, 0.05) is 18.8 Å². The van der Waals surface area contributed by atoms with Crippen molar-refractivity contribution in [2.24, 2.45) is 5.73 Å². The average Bonchev–Trinajstić information content (AvgIpc) is 2.18. The first-order valence-corrected chi connectivity index (χ1v) is 3.83. The van der Waals surface area contributed by atoms with Crippen molar-refractivity contribution in [1.29, 1.82) is 0 Å². The van der Waals surface area contributed by atoms with Gasteiger partial charge in [-0.2, -0.15) is 0 Å². The molecule has 1 rings (SSSR count). The second kappa shape index (κ2) is 4.51. The minimum atomic E-state index is -0.688. The van der Waals surface area contributed by atoms with E-state index >= 15 is 0 Å². The summed E-state index contributed by atoms with van der Waals surface area (Å²) in [6.07, 6.45) is 3.51. The van der Waals surface area contributed by atoms with Crippen LogP contribution in [-0.4, -0.2) is 29.1 Å². The number of nitrogens with zero attached hydrogens (tertiary/aromatic N) is 2. The van der Waals surface area contributed by atoms with E-state index in [9.17, 15) is 4.79 Å². The van der Waals surface area contributed by atoms with Crippen LogP contribution in [0.15, 0.2) is 18.5 Å². The van der Waals surface area contributed by atoms with Gasteiger partial charge in [0.2, 0.25) is 0 Å². The number of carbonyl (C=O) groups excluding carboxylic acids is 1. The first kappa shape index (κ1) is 9.60. The SMILES string of the molecule is COC(=O)[C@H](N)Cc1ncccn1. The van der Waals surface area contributed by atoms with E-state index in [2.05, 4.69) is 14.7 Å².